The van der Waals surface area contributed by atoms with Crippen molar-refractivity contribution < 1.29 is 4.39 Å². The zero-order valence-electron chi connectivity index (χ0n) is 15.6. The molecule has 0 radical (unpaired) electrons. The normalized spacial score (nSPS) is 14.8. The van der Waals surface area contributed by atoms with Gasteiger partial charge in [-0.2, -0.15) is 10.4 Å². The highest BCUT2D eigenvalue weighted by atomic mass is 19.1. The monoisotopic (exact) mass is 376 g/mol. The van der Waals surface area contributed by atoms with E-state index in [4.69, 9.17) is 11.0 Å². The third kappa shape index (κ3) is 3.42. The number of benzene rings is 2. The minimum atomic E-state index is -0.558. The minimum Gasteiger partial charge on any atom is -0.382 e. The second kappa shape index (κ2) is 7.33. The zero-order chi connectivity index (χ0) is 19.7. The van der Waals surface area contributed by atoms with Crippen LogP contribution in [0.1, 0.15) is 5.56 Å². The van der Waals surface area contributed by atoms with Crippen molar-refractivity contribution >= 4 is 11.5 Å². The van der Waals surface area contributed by atoms with E-state index in [2.05, 4.69) is 34.1 Å². The molecule has 3 aromatic rings. The number of nitrogens with two attached hydrogens (primary N) is 1. The van der Waals surface area contributed by atoms with E-state index >= 15 is 0 Å². The molecule has 1 aliphatic heterocycles. The largest absolute Gasteiger partial charge is 0.382 e. The summed E-state index contributed by atoms with van der Waals surface area (Å²) in [5.41, 5.74) is 9.23. The molecule has 0 atom stereocenters. The molecular weight excluding hydrogens is 355 g/mol. The quantitative estimate of drug-likeness (QED) is 0.761. The second-order valence-corrected chi connectivity index (χ2v) is 6.98. The molecule has 0 aliphatic carbocycles. The molecule has 0 unspecified atom stereocenters. The van der Waals surface area contributed by atoms with Gasteiger partial charge in [-0.05, 0) is 37.4 Å². The number of piperazine rings is 1. The van der Waals surface area contributed by atoms with Crippen molar-refractivity contribution in [3.05, 3.63) is 59.9 Å². The zero-order valence-corrected chi connectivity index (χ0v) is 15.6. The SMILES string of the molecule is CN1CCN(c2cccc(-n3nc(N)cc3-c3ccc(C#N)c(F)c3)c2)CC1. The molecule has 28 heavy (non-hydrogen) atoms. The molecule has 4 rings (SSSR count). The molecule has 0 amide bonds. The molecule has 6 nitrogen and oxygen atoms in total. The number of nitrogen functional groups attached to an aromatic ring is 1. The number of aromatic nitrogens is 2. The summed E-state index contributed by atoms with van der Waals surface area (Å²) in [5, 5.41) is 13.4. The molecule has 1 fully saturated rings. The van der Waals surface area contributed by atoms with Crippen LogP contribution in [0.4, 0.5) is 15.9 Å². The van der Waals surface area contributed by atoms with Crippen LogP contribution >= 0.6 is 0 Å². The van der Waals surface area contributed by atoms with Crippen molar-refractivity contribution in [2.75, 3.05) is 43.9 Å². The molecule has 2 N–H and O–H groups in total. The summed E-state index contributed by atoms with van der Waals surface area (Å²) in [4.78, 5) is 4.66. The van der Waals surface area contributed by atoms with E-state index in [9.17, 15) is 4.39 Å². The fourth-order valence-corrected chi connectivity index (χ4v) is 3.45. The first-order valence-corrected chi connectivity index (χ1v) is 9.14. The second-order valence-electron chi connectivity index (χ2n) is 6.98. The summed E-state index contributed by atoms with van der Waals surface area (Å²) in [5.74, 6) is -0.206. The predicted octanol–water partition coefficient (Wildman–Crippen LogP) is 2.88. The van der Waals surface area contributed by atoms with Crippen molar-refractivity contribution in [2.24, 2.45) is 0 Å². The van der Waals surface area contributed by atoms with Crippen LogP contribution in [0.25, 0.3) is 16.9 Å². The third-order valence-corrected chi connectivity index (χ3v) is 5.06. The molecule has 1 aromatic heterocycles. The van der Waals surface area contributed by atoms with Gasteiger partial charge in [0.1, 0.15) is 17.7 Å². The van der Waals surface area contributed by atoms with Gasteiger partial charge < -0.3 is 15.5 Å². The Morgan fingerprint density at radius 2 is 1.79 bits per heavy atom. The average Bonchev–Trinajstić information content (AvgIpc) is 3.10. The van der Waals surface area contributed by atoms with Gasteiger partial charge in [0.25, 0.3) is 0 Å². The lowest BCUT2D eigenvalue weighted by atomic mass is 10.1. The van der Waals surface area contributed by atoms with Gasteiger partial charge in [0.15, 0.2) is 0 Å². The summed E-state index contributed by atoms with van der Waals surface area (Å²) in [6, 6.07) is 16.2. The van der Waals surface area contributed by atoms with Crippen LogP contribution in [-0.2, 0) is 0 Å². The Labute approximate surface area is 163 Å². The van der Waals surface area contributed by atoms with Crippen LogP contribution in [0.15, 0.2) is 48.5 Å². The van der Waals surface area contributed by atoms with E-state index in [-0.39, 0.29) is 5.56 Å². The lowest BCUT2D eigenvalue weighted by Gasteiger charge is -2.34. The summed E-state index contributed by atoms with van der Waals surface area (Å²) < 4.78 is 15.8. The smallest absolute Gasteiger partial charge is 0.146 e. The first-order valence-electron chi connectivity index (χ1n) is 9.14. The highest BCUT2D eigenvalue weighted by Gasteiger charge is 2.17. The molecule has 2 heterocycles. The number of nitrogens with zero attached hydrogens (tertiary/aromatic N) is 5. The van der Waals surface area contributed by atoms with Crippen molar-refractivity contribution in [1.29, 1.82) is 5.26 Å². The van der Waals surface area contributed by atoms with Gasteiger partial charge in [-0.3, -0.25) is 0 Å². The molecule has 142 valence electrons. The van der Waals surface area contributed by atoms with Gasteiger partial charge in [0.2, 0.25) is 0 Å². The molecule has 0 saturated carbocycles. The molecule has 7 heteroatoms. The van der Waals surface area contributed by atoms with E-state index in [1.807, 2.05) is 18.2 Å². The van der Waals surface area contributed by atoms with E-state index in [1.54, 1.807) is 16.8 Å². The number of nitriles is 1. The number of anilines is 2. The maximum atomic E-state index is 14.1. The van der Waals surface area contributed by atoms with Crippen molar-refractivity contribution in [3.8, 4) is 23.0 Å². The summed E-state index contributed by atoms with van der Waals surface area (Å²) >= 11 is 0. The summed E-state index contributed by atoms with van der Waals surface area (Å²) in [7, 11) is 2.13. The topological polar surface area (TPSA) is 74.1 Å². The Hall–Kier alpha value is -3.37. The van der Waals surface area contributed by atoms with Gasteiger partial charge in [0.05, 0.1) is 16.9 Å². The Balaban J connectivity index is 1.72. The van der Waals surface area contributed by atoms with Crippen LogP contribution in [-0.4, -0.2) is 47.9 Å². The Kier molecular flexibility index (Phi) is 4.72. The number of hydrogen-bond acceptors (Lipinski definition) is 5. The molecule has 1 aliphatic rings. The highest BCUT2D eigenvalue weighted by Crippen LogP contribution is 2.28. The van der Waals surface area contributed by atoms with Crippen molar-refractivity contribution in [2.45, 2.75) is 0 Å². The first-order chi connectivity index (χ1) is 13.5. The predicted molar refractivity (Wildman–Crippen MR) is 108 cm³/mol. The Bertz CT molecular complexity index is 1040. The standard InChI is InChI=1S/C21H21FN6/c1-26-7-9-27(10-8-26)17-3-2-4-18(12-17)28-20(13-21(24)25-28)15-5-6-16(14-23)19(22)11-15/h2-6,11-13H,7-10H2,1H3,(H2,24,25). The first kappa shape index (κ1) is 18.0. The van der Waals surface area contributed by atoms with E-state index < -0.39 is 5.82 Å². The van der Waals surface area contributed by atoms with Crippen LogP contribution < -0.4 is 10.6 Å². The van der Waals surface area contributed by atoms with Gasteiger partial charge >= 0.3 is 0 Å². The summed E-state index contributed by atoms with van der Waals surface area (Å²) in [6.07, 6.45) is 0. The van der Waals surface area contributed by atoms with E-state index in [0.29, 0.717) is 17.1 Å². The number of rotatable bonds is 3. The number of halogens is 1. The van der Waals surface area contributed by atoms with Gasteiger partial charge in [-0.1, -0.05) is 12.1 Å². The average molecular weight is 376 g/mol. The van der Waals surface area contributed by atoms with Crippen LogP contribution in [0.3, 0.4) is 0 Å². The maximum Gasteiger partial charge on any atom is 0.146 e. The lowest BCUT2D eigenvalue weighted by Crippen LogP contribution is -2.44. The van der Waals surface area contributed by atoms with Crippen LogP contribution in [0.2, 0.25) is 0 Å². The molecule has 2 aromatic carbocycles. The third-order valence-electron chi connectivity index (χ3n) is 5.06. The van der Waals surface area contributed by atoms with Gasteiger partial charge in [-0.25, -0.2) is 9.07 Å². The summed E-state index contributed by atoms with van der Waals surface area (Å²) in [6.45, 7) is 3.98. The molecule has 1 saturated heterocycles. The van der Waals surface area contributed by atoms with Gasteiger partial charge in [0, 0.05) is 43.5 Å². The Morgan fingerprint density at radius 3 is 2.50 bits per heavy atom. The molecule has 0 spiro atoms. The van der Waals surface area contributed by atoms with Gasteiger partial charge in [-0.15, -0.1) is 0 Å². The lowest BCUT2D eigenvalue weighted by molar-refractivity contribution is 0.313. The number of hydrogen-bond donors (Lipinski definition) is 1. The fraction of sp³-hybridized carbons (Fsp3) is 0.238. The van der Waals surface area contributed by atoms with E-state index in [0.717, 1.165) is 37.6 Å². The Morgan fingerprint density at radius 1 is 1.04 bits per heavy atom. The van der Waals surface area contributed by atoms with E-state index in [1.165, 1.54) is 12.1 Å². The van der Waals surface area contributed by atoms with Crippen molar-refractivity contribution in [1.82, 2.24) is 14.7 Å². The number of likely N-dealkylation sites (N-methyl/N-ethyl adjacent to an activating group) is 1. The highest BCUT2D eigenvalue weighted by molar-refractivity contribution is 5.67. The maximum absolute atomic E-state index is 14.1. The fourth-order valence-electron chi connectivity index (χ4n) is 3.45. The van der Waals surface area contributed by atoms with Crippen molar-refractivity contribution in [3.63, 3.8) is 0 Å². The molecule has 0 bridgehead atoms. The minimum absolute atomic E-state index is 0.0138. The van der Waals surface area contributed by atoms with Crippen LogP contribution in [0, 0.1) is 17.1 Å². The molecular formula is C21H21FN6. The van der Waals surface area contributed by atoms with Crippen LogP contribution in [0.5, 0.6) is 0 Å².